The predicted octanol–water partition coefficient (Wildman–Crippen LogP) is 4.12. The molecule has 6 heteroatoms. The third kappa shape index (κ3) is 4.59. The first-order chi connectivity index (χ1) is 14.7. The number of hydrogen-bond donors (Lipinski definition) is 1. The topological polar surface area (TPSA) is 75.4 Å². The monoisotopic (exact) mass is 403 g/mol. The molecule has 154 valence electrons. The van der Waals surface area contributed by atoms with Gasteiger partial charge in [-0.15, -0.1) is 0 Å². The second-order valence-electron chi connectivity index (χ2n) is 7.57. The number of aromatic nitrogens is 1. The first kappa shape index (κ1) is 19.9. The van der Waals surface area contributed by atoms with Crippen molar-refractivity contribution in [3.05, 3.63) is 90.1 Å². The highest BCUT2D eigenvalue weighted by molar-refractivity contribution is 5.96. The maximum atomic E-state index is 13.4. The van der Waals surface area contributed by atoms with Crippen LogP contribution in [0.3, 0.4) is 0 Å². The summed E-state index contributed by atoms with van der Waals surface area (Å²) in [5, 5.41) is 3.15. The lowest BCUT2D eigenvalue weighted by Gasteiger charge is -2.31. The molecule has 0 spiro atoms. The van der Waals surface area contributed by atoms with Crippen LogP contribution in [0, 0.1) is 0 Å². The molecule has 1 saturated carbocycles. The molecule has 30 heavy (non-hydrogen) atoms. The summed E-state index contributed by atoms with van der Waals surface area (Å²) in [6, 6.07) is 15.9. The lowest BCUT2D eigenvalue weighted by molar-refractivity contribution is -0.126. The van der Waals surface area contributed by atoms with Gasteiger partial charge in [0.15, 0.2) is 5.76 Å². The van der Waals surface area contributed by atoms with Gasteiger partial charge in [0.05, 0.1) is 6.26 Å². The van der Waals surface area contributed by atoms with Crippen LogP contribution in [0.2, 0.25) is 0 Å². The molecular formula is C24H25N3O3. The molecule has 1 N–H and O–H groups in total. The normalized spacial score (nSPS) is 14.9. The number of carbonyl (C=O) groups excluding carboxylic acids is 2. The van der Waals surface area contributed by atoms with E-state index in [4.69, 9.17) is 4.42 Å². The van der Waals surface area contributed by atoms with Gasteiger partial charge in [-0.3, -0.25) is 14.6 Å². The van der Waals surface area contributed by atoms with Gasteiger partial charge >= 0.3 is 0 Å². The Morgan fingerprint density at radius 3 is 2.53 bits per heavy atom. The Hall–Kier alpha value is -3.41. The molecule has 6 nitrogen and oxygen atoms in total. The molecule has 2 heterocycles. The molecule has 1 atom stereocenters. The molecule has 0 saturated heterocycles. The van der Waals surface area contributed by atoms with Crippen LogP contribution < -0.4 is 5.32 Å². The number of hydrogen-bond acceptors (Lipinski definition) is 4. The van der Waals surface area contributed by atoms with Gasteiger partial charge in [0.25, 0.3) is 5.91 Å². The predicted molar refractivity (Wildman–Crippen MR) is 112 cm³/mol. The zero-order valence-corrected chi connectivity index (χ0v) is 16.7. The summed E-state index contributed by atoms with van der Waals surface area (Å²) in [5.41, 5.74) is 1.60. The summed E-state index contributed by atoms with van der Waals surface area (Å²) >= 11 is 0. The van der Waals surface area contributed by atoms with E-state index in [0.717, 1.165) is 31.2 Å². The van der Waals surface area contributed by atoms with Crippen molar-refractivity contribution in [1.82, 2.24) is 15.2 Å². The van der Waals surface area contributed by atoms with E-state index in [1.54, 1.807) is 35.5 Å². The number of benzene rings is 1. The van der Waals surface area contributed by atoms with Crippen molar-refractivity contribution in [1.29, 1.82) is 0 Å². The van der Waals surface area contributed by atoms with Crippen LogP contribution in [-0.4, -0.2) is 27.7 Å². The van der Waals surface area contributed by atoms with Crippen molar-refractivity contribution >= 4 is 11.8 Å². The quantitative estimate of drug-likeness (QED) is 0.644. The van der Waals surface area contributed by atoms with Crippen molar-refractivity contribution in [2.45, 2.75) is 44.3 Å². The number of amides is 2. The highest BCUT2D eigenvalue weighted by Crippen LogP contribution is 2.27. The van der Waals surface area contributed by atoms with E-state index in [-0.39, 0.29) is 30.2 Å². The zero-order valence-electron chi connectivity index (χ0n) is 16.7. The van der Waals surface area contributed by atoms with E-state index < -0.39 is 6.04 Å². The van der Waals surface area contributed by atoms with E-state index in [1.165, 1.54) is 6.26 Å². The van der Waals surface area contributed by atoms with Crippen LogP contribution in [0.25, 0.3) is 0 Å². The fourth-order valence-electron chi connectivity index (χ4n) is 3.96. The van der Waals surface area contributed by atoms with Crippen LogP contribution in [0.1, 0.15) is 53.4 Å². The number of furan rings is 1. The first-order valence-corrected chi connectivity index (χ1v) is 10.3. The molecule has 0 radical (unpaired) electrons. The van der Waals surface area contributed by atoms with Crippen molar-refractivity contribution < 1.29 is 14.0 Å². The zero-order chi connectivity index (χ0) is 20.8. The summed E-state index contributed by atoms with van der Waals surface area (Å²) < 4.78 is 5.37. The summed E-state index contributed by atoms with van der Waals surface area (Å²) in [6.07, 6.45) is 8.93. The second kappa shape index (κ2) is 9.39. The summed E-state index contributed by atoms with van der Waals surface area (Å²) in [4.78, 5) is 32.6. The fourth-order valence-corrected chi connectivity index (χ4v) is 3.96. The SMILES string of the molecule is O=C(NC1CCCC1)C(c1cccnc1)N(Cc1ccccc1)C(=O)c1ccco1. The number of carbonyl (C=O) groups is 2. The average molecular weight is 403 g/mol. The third-order valence-corrected chi connectivity index (χ3v) is 5.45. The van der Waals surface area contributed by atoms with Gasteiger partial charge in [-0.2, -0.15) is 0 Å². The Labute approximate surface area is 175 Å². The number of rotatable bonds is 7. The van der Waals surface area contributed by atoms with Gasteiger partial charge < -0.3 is 14.6 Å². The largest absolute Gasteiger partial charge is 0.459 e. The van der Waals surface area contributed by atoms with Gasteiger partial charge in [0.2, 0.25) is 5.91 Å². The van der Waals surface area contributed by atoms with E-state index in [2.05, 4.69) is 10.3 Å². The Balaban J connectivity index is 1.71. The Morgan fingerprint density at radius 1 is 1.07 bits per heavy atom. The van der Waals surface area contributed by atoms with Crippen LogP contribution in [0.5, 0.6) is 0 Å². The van der Waals surface area contributed by atoms with Gasteiger partial charge in [0, 0.05) is 30.5 Å². The van der Waals surface area contributed by atoms with Gasteiger partial charge in [-0.25, -0.2) is 0 Å². The molecule has 1 fully saturated rings. The Morgan fingerprint density at radius 2 is 1.87 bits per heavy atom. The minimum Gasteiger partial charge on any atom is -0.459 e. The highest BCUT2D eigenvalue weighted by atomic mass is 16.3. The van der Waals surface area contributed by atoms with Crippen LogP contribution in [-0.2, 0) is 11.3 Å². The van der Waals surface area contributed by atoms with E-state index in [0.29, 0.717) is 5.56 Å². The fraction of sp³-hybridized carbons (Fsp3) is 0.292. The average Bonchev–Trinajstić information content (AvgIpc) is 3.49. The smallest absolute Gasteiger partial charge is 0.290 e. The Kier molecular flexibility index (Phi) is 6.23. The highest BCUT2D eigenvalue weighted by Gasteiger charge is 2.34. The first-order valence-electron chi connectivity index (χ1n) is 10.3. The Bertz CT molecular complexity index is 952. The molecule has 4 rings (SSSR count). The standard InChI is InChI=1S/C24H25N3O3/c28-23(26-20-11-4-5-12-20)22(19-10-6-14-25-16-19)27(17-18-8-2-1-3-9-18)24(29)21-13-7-15-30-21/h1-3,6-10,13-16,20,22H,4-5,11-12,17H2,(H,26,28). The molecule has 2 amide bonds. The lowest BCUT2D eigenvalue weighted by Crippen LogP contribution is -2.45. The maximum absolute atomic E-state index is 13.4. The summed E-state index contributed by atoms with van der Waals surface area (Å²) in [6.45, 7) is 0.276. The summed E-state index contributed by atoms with van der Waals surface area (Å²) in [5.74, 6) is -0.321. The molecule has 2 aromatic heterocycles. The van der Waals surface area contributed by atoms with Gasteiger partial charge in [0.1, 0.15) is 6.04 Å². The van der Waals surface area contributed by atoms with Crippen LogP contribution >= 0.6 is 0 Å². The molecule has 1 aliphatic rings. The molecule has 1 unspecified atom stereocenters. The molecule has 1 aromatic carbocycles. The van der Waals surface area contributed by atoms with Crippen molar-refractivity contribution in [3.8, 4) is 0 Å². The number of pyridine rings is 1. The number of nitrogens with zero attached hydrogens (tertiary/aromatic N) is 2. The van der Waals surface area contributed by atoms with Crippen LogP contribution in [0.15, 0.2) is 77.7 Å². The van der Waals surface area contributed by atoms with Crippen molar-refractivity contribution in [3.63, 3.8) is 0 Å². The van der Waals surface area contributed by atoms with E-state index in [9.17, 15) is 9.59 Å². The van der Waals surface area contributed by atoms with Gasteiger partial charge in [-0.05, 0) is 36.6 Å². The second-order valence-corrected chi connectivity index (χ2v) is 7.57. The van der Waals surface area contributed by atoms with Crippen molar-refractivity contribution in [2.24, 2.45) is 0 Å². The molecule has 1 aliphatic carbocycles. The van der Waals surface area contributed by atoms with E-state index in [1.807, 2.05) is 36.4 Å². The van der Waals surface area contributed by atoms with E-state index >= 15 is 0 Å². The minimum absolute atomic E-state index is 0.147. The molecular weight excluding hydrogens is 378 g/mol. The maximum Gasteiger partial charge on any atom is 0.290 e. The van der Waals surface area contributed by atoms with Crippen LogP contribution in [0.4, 0.5) is 0 Å². The molecule has 3 aromatic rings. The minimum atomic E-state index is -0.808. The third-order valence-electron chi connectivity index (χ3n) is 5.45. The molecule has 0 bridgehead atoms. The van der Waals surface area contributed by atoms with Gasteiger partial charge in [-0.1, -0.05) is 49.2 Å². The summed E-state index contributed by atoms with van der Waals surface area (Å²) in [7, 11) is 0. The number of nitrogens with one attached hydrogen (secondary N) is 1. The van der Waals surface area contributed by atoms with Crippen molar-refractivity contribution in [2.75, 3.05) is 0 Å². The lowest BCUT2D eigenvalue weighted by atomic mass is 10.0. The molecule has 0 aliphatic heterocycles.